The molecule has 150 valence electrons. The lowest BCUT2D eigenvalue weighted by Crippen LogP contribution is -2.30. The molecule has 2 unspecified atom stereocenters. The van der Waals surface area contributed by atoms with Crippen molar-refractivity contribution in [2.75, 3.05) is 13.7 Å². The average Bonchev–Trinajstić information content (AvgIpc) is 2.76. The van der Waals surface area contributed by atoms with Crippen LogP contribution in [0.15, 0.2) is 97.6 Å². The Kier molecular flexibility index (Phi) is 7.66. The van der Waals surface area contributed by atoms with Crippen molar-refractivity contribution in [1.29, 1.82) is 0 Å². The summed E-state index contributed by atoms with van der Waals surface area (Å²) in [6.07, 6.45) is 2.07. The van der Waals surface area contributed by atoms with E-state index in [0.717, 1.165) is 25.4 Å². The maximum absolute atomic E-state index is 5.42. The van der Waals surface area contributed by atoms with Gasteiger partial charge in [0, 0.05) is 25.6 Å². The molecule has 0 fully saturated rings. The van der Waals surface area contributed by atoms with Crippen molar-refractivity contribution in [3.8, 4) is 5.75 Å². The van der Waals surface area contributed by atoms with Gasteiger partial charge in [0.05, 0.1) is 7.11 Å². The number of allylic oxidation sites excluding steroid dienone is 1. The van der Waals surface area contributed by atoms with Crippen molar-refractivity contribution in [1.82, 2.24) is 4.90 Å². The van der Waals surface area contributed by atoms with E-state index >= 15 is 0 Å². The van der Waals surface area contributed by atoms with Gasteiger partial charge in [0.25, 0.3) is 0 Å². The van der Waals surface area contributed by atoms with Gasteiger partial charge >= 0.3 is 0 Å². The number of rotatable bonds is 10. The zero-order valence-corrected chi connectivity index (χ0v) is 17.5. The number of hydrogen-bond acceptors (Lipinski definition) is 2. The van der Waals surface area contributed by atoms with Gasteiger partial charge in [-0.3, -0.25) is 4.90 Å². The molecular formula is C27H31NO. The molecular weight excluding hydrogens is 354 g/mol. The van der Waals surface area contributed by atoms with Crippen LogP contribution in [0.1, 0.15) is 29.5 Å². The molecule has 2 atom stereocenters. The van der Waals surface area contributed by atoms with Gasteiger partial charge in [-0.25, -0.2) is 0 Å². The average molecular weight is 386 g/mol. The predicted octanol–water partition coefficient (Wildman–Crippen LogP) is 6.30. The molecule has 0 aliphatic carbocycles. The summed E-state index contributed by atoms with van der Waals surface area (Å²) in [5.74, 6) is 1.60. The molecule has 29 heavy (non-hydrogen) atoms. The first-order valence-corrected chi connectivity index (χ1v) is 10.3. The maximum atomic E-state index is 5.42. The molecule has 3 aromatic rings. The van der Waals surface area contributed by atoms with E-state index in [0.29, 0.717) is 5.92 Å². The van der Waals surface area contributed by atoms with Crippen LogP contribution in [0.3, 0.4) is 0 Å². The number of ether oxygens (including phenoxy) is 1. The molecule has 0 N–H and O–H groups in total. The molecule has 0 bridgehead atoms. The molecule has 0 saturated heterocycles. The van der Waals surface area contributed by atoms with E-state index < -0.39 is 0 Å². The largest absolute Gasteiger partial charge is 0.497 e. The predicted molar refractivity (Wildman–Crippen MR) is 122 cm³/mol. The summed E-state index contributed by atoms with van der Waals surface area (Å²) >= 11 is 0. The SMILES string of the molecule is C=CC(c1cccc(OC)c1)C(C)CN(Cc1ccccc1)Cc1ccccc1. The standard InChI is InChI=1S/C27H31NO/c1-4-27(25-16-11-17-26(18-25)29-3)22(2)19-28(20-23-12-7-5-8-13-23)21-24-14-9-6-10-15-24/h4-18,22,27H,1,19-21H2,2-3H3. The highest BCUT2D eigenvalue weighted by Gasteiger charge is 2.20. The van der Waals surface area contributed by atoms with Crippen molar-refractivity contribution in [2.24, 2.45) is 5.92 Å². The Morgan fingerprint density at radius 3 is 1.97 bits per heavy atom. The minimum absolute atomic E-state index is 0.277. The van der Waals surface area contributed by atoms with Crippen LogP contribution < -0.4 is 4.74 Å². The molecule has 0 radical (unpaired) electrons. The first-order chi connectivity index (χ1) is 14.2. The van der Waals surface area contributed by atoms with E-state index in [1.807, 2.05) is 6.07 Å². The van der Waals surface area contributed by atoms with Crippen LogP contribution in [0.5, 0.6) is 5.75 Å². The molecule has 3 rings (SSSR count). The third kappa shape index (κ3) is 6.07. The molecule has 0 aliphatic rings. The quantitative estimate of drug-likeness (QED) is 0.380. The van der Waals surface area contributed by atoms with E-state index in [9.17, 15) is 0 Å². The van der Waals surface area contributed by atoms with Crippen molar-refractivity contribution >= 4 is 0 Å². The van der Waals surface area contributed by atoms with Crippen molar-refractivity contribution in [3.63, 3.8) is 0 Å². The molecule has 0 heterocycles. The van der Waals surface area contributed by atoms with Crippen molar-refractivity contribution in [2.45, 2.75) is 25.9 Å². The number of benzene rings is 3. The summed E-state index contributed by atoms with van der Waals surface area (Å²) in [6.45, 7) is 9.29. The first kappa shape index (κ1) is 20.9. The Balaban J connectivity index is 1.77. The Labute approximate surface area is 175 Å². The summed E-state index contributed by atoms with van der Waals surface area (Å²) in [4.78, 5) is 2.53. The molecule has 0 amide bonds. The van der Waals surface area contributed by atoms with Crippen LogP contribution in [0.25, 0.3) is 0 Å². The Morgan fingerprint density at radius 2 is 1.45 bits per heavy atom. The normalized spacial score (nSPS) is 13.1. The molecule has 0 saturated carbocycles. The number of methoxy groups -OCH3 is 1. The number of hydrogen-bond donors (Lipinski definition) is 0. The topological polar surface area (TPSA) is 12.5 Å². The van der Waals surface area contributed by atoms with Gasteiger partial charge in [-0.05, 0) is 34.7 Å². The van der Waals surface area contributed by atoms with Gasteiger partial charge in [0.2, 0.25) is 0 Å². The maximum Gasteiger partial charge on any atom is 0.119 e. The summed E-state index contributed by atoms with van der Waals surface area (Å²) in [5.41, 5.74) is 3.94. The second-order valence-corrected chi connectivity index (χ2v) is 7.66. The van der Waals surface area contributed by atoms with E-state index in [1.165, 1.54) is 16.7 Å². The Morgan fingerprint density at radius 1 is 0.862 bits per heavy atom. The molecule has 0 aromatic heterocycles. The van der Waals surface area contributed by atoms with Crippen LogP contribution in [0, 0.1) is 5.92 Å². The fraction of sp³-hybridized carbons (Fsp3) is 0.259. The lowest BCUT2D eigenvalue weighted by Gasteiger charge is -2.30. The second-order valence-electron chi connectivity index (χ2n) is 7.66. The Bertz CT molecular complexity index is 834. The Hall–Kier alpha value is -2.84. The summed E-state index contributed by atoms with van der Waals surface area (Å²) in [6, 6.07) is 29.8. The smallest absolute Gasteiger partial charge is 0.119 e. The van der Waals surface area contributed by atoms with Crippen molar-refractivity contribution < 1.29 is 4.74 Å². The van der Waals surface area contributed by atoms with Gasteiger partial charge in [0.15, 0.2) is 0 Å². The van der Waals surface area contributed by atoms with Gasteiger partial charge in [-0.15, -0.1) is 6.58 Å². The fourth-order valence-corrected chi connectivity index (χ4v) is 3.93. The lowest BCUT2D eigenvalue weighted by atomic mass is 9.86. The third-order valence-corrected chi connectivity index (χ3v) is 5.39. The first-order valence-electron chi connectivity index (χ1n) is 10.3. The summed E-state index contributed by atoms with van der Waals surface area (Å²) in [5, 5.41) is 0. The zero-order valence-electron chi connectivity index (χ0n) is 17.5. The van der Waals surface area contributed by atoms with E-state index in [4.69, 9.17) is 4.74 Å². The minimum atomic E-state index is 0.277. The minimum Gasteiger partial charge on any atom is -0.497 e. The highest BCUT2D eigenvalue weighted by atomic mass is 16.5. The lowest BCUT2D eigenvalue weighted by molar-refractivity contribution is 0.213. The van der Waals surface area contributed by atoms with Crippen LogP contribution in [0.4, 0.5) is 0 Å². The molecule has 0 spiro atoms. The highest BCUT2D eigenvalue weighted by molar-refractivity contribution is 5.33. The van der Waals surface area contributed by atoms with Crippen LogP contribution in [-0.4, -0.2) is 18.6 Å². The van der Waals surface area contributed by atoms with Gasteiger partial charge in [-0.2, -0.15) is 0 Å². The third-order valence-electron chi connectivity index (χ3n) is 5.39. The fourth-order valence-electron chi connectivity index (χ4n) is 3.93. The molecule has 2 nitrogen and oxygen atoms in total. The van der Waals surface area contributed by atoms with Crippen LogP contribution in [0.2, 0.25) is 0 Å². The highest BCUT2D eigenvalue weighted by Crippen LogP contribution is 2.29. The van der Waals surface area contributed by atoms with Crippen molar-refractivity contribution in [3.05, 3.63) is 114 Å². The number of nitrogens with zero attached hydrogens (tertiary/aromatic N) is 1. The monoisotopic (exact) mass is 385 g/mol. The van der Waals surface area contributed by atoms with E-state index in [1.54, 1.807) is 7.11 Å². The van der Waals surface area contributed by atoms with Crippen LogP contribution in [-0.2, 0) is 13.1 Å². The van der Waals surface area contributed by atoms with Crippen LogP contribution >= 0.6 is 0 Å². The van der Waals surface area contributed by atoms with Gasteiger partial charge < -0.3 is 4.74 Å². The summed E-state index contributed by atoms with van der Waals surface area (Å²) < 4.78 is 5.42. The molecule has 3 aromatic carbocycles. The zero-order chi connectivity index (χ0) is 20.5. The van der Waals surface area contributed by atoms with E-state index in [2.05, 4.69) is 103 Å². The van der Waals surface area contributed by atoms with Gasteiger partial charge in [-0.1, -0.05) is 85.8 Å². The van der Waals surface area contributed by atoms with E-state index in [-0.39, 0.29) is 5.92 Å². The summed E-state index contributed by atoms with van der Waals surface area (Å²) in [7, 11) is 1.72. The second kappa shape index (κ2) is 10.6. The molecule has 0 aliphatic heterocycles. The molecule has 2 heteroatoms. The van der Waals surface area contributed by atoms with Gasteiger partial charge in [0.1, 0.15) is 5.75 Å².